The molecule has 0 aliphatic heterocycles. The second-order valence-corrected chi connectivity index (χ2v) is 6.16. The van der Waals surface area contributed by atoms with Crippen LogP contribution in [0.3, 0.4) is 0 Å². The lowest BCUT2D eigenvalue weighted by molar-refractivity contribution is 0.183. The van der Waals surface area contributed by atoms with Crippen molar-refractivity contribution in [2.75, 3.05) is 0 Å². The van der Waals surface area contributed by atoms with Gasteiger partial charge >= 0.3 is 0 Å². The molecule has 0 aromatic carbocycles. The Bertz CT molecular complexity index is 172. The molecular formula is C13H27N. The lowest BCUT2D eigenvalue weighted by atomic mass is 9.75. The third kappa shape index (κ3) is 3.61. The van der Waals surface area contributed by atoms with Crippen molar-refractivity contribution in [2.45, 2.75) is 72.4 Å². The maximum absolute atomic E-state index is 3.77. The summed E-state index contributed by atoms with van der Waals surface area (Å²) in [7, 11) is 0. The van der Waals surface area contributed by atoms with E-state index in [1.807, 2.05) is 0 Å². The highest BCUT2D eigenvalue weighted by atomic mass is 15.0. The van der Waals surface area contributed by atoms with Crippen molar-refractivity contribution in [3.8, 4) is 0 Å². The van der Waals surface area contributed by atoms with Crippen LogP contribution in [0.5, 0.6) is 0 Å². The maximum Gasteiger partial charge on any atom is 0.00747 e. The lowest BCUT2D eigenvalue weighted by Gasteiger charge is -2.37. The monoisotopic (exact) mass is 197 g/mol. The molecule has 0 spiro atoms. The largest absolute Gasteiger partial charge is 0.311 e. The van der Waals surface area contributed by atoms with Crippen molar-refractivity contribution in [2.24, 2.45) is 11.3 Å². The Morgan fingerprint density at radius 2 is 1.86 bits per heavy atom. The van der Waals surface area contributed by atoms with Crippen LogP contribution in [0.2, 0.25) is 0 Å². The first kappa shape index (κ1) is 12.0. The first-order valence-corrected chi connectivity index (χ1v) is 6.17. The highest BCUT2D eigenvalue weighted by Crippen LogP contribution is 2.35. The van der Waals surface area contributed by atoms with Gasteiger partial charge < -0.3 is 5.32 Å². The first-order valence-electron chi connectivity index (χ1n) is 6.17. The summed E-state index contributed by atoms with van der Waals surface area (Å²) in [5, 5.41) is 3.77. The van der Waals surface area contributed by atoms with E-state index < -0.39 is 0 Å². The Kier molecular flexibility index (Phi) is 4.00. The van der Waals surface area contributed by atoms with Crippen molar-refractivity contribution >= 4 is 0 Å². The lowest BCUT2D eigenvalue weighted by Crippen LogP contribution is -2.43. The molecular weight excluding hydrogens is 170 g/mol. The topological polar surface area (TPSA) is 12.0 Å². The highest BCUT2D eigenvalue weighted by molar-refractivity contribution is 4.85. The molecule has 1 nitrogen and oxygen atoms in total. The Hall–Kier alpha value is -0.0400. The number of hydrogen-bond acceptors (Lipinski definition) is 1. The third-order valence-corrected chi connectivity index (χ3v) is 3.70. The SMILES string of the molecule is CC(C)[C@H](C)N[C@H]1CCCC(C)(C)C1. The van der Waals surface area contributed by atoms with Gasteiger partial charge in [-0.1, -0.05) is 34.1 Å². The molecule has 1 aliphatic rings. The molecule has 0 heterocycles. The van der Waals surface area contributed by atoms with Gasteiger partial charge in [-0.15, -0.1) is 0 Å². The molecule has 1 saturated carbocycles. The predicted molar refractivity (Wildman–Crippen MR) is 63.5 cm³/mol. The van der Waals surface area contributed by atoms with E-state index in [4.69, 9.17) is 0 Å². The predicted octanol–water partition coefficient (Wildman–Crippen LogP) is 3.59. The molecule has 0 aromatic heterocycles. The van der Waals surface area contributed by atoms with Gasteiger partial charge in [0.2, 0.25) is 0 Å². The van der Waals surface area contributed by atoms with Crippen molar-refractivity contribution < 1.29 is 0 Å². The summed E-state index contributed by atoms with van der Waals surface area (Å²) in [6.07, 6.45) is 5.53. The van der Waals surface area contributed by atoms with E-state index in [9.17, 15) is 0 Å². The quantitative estimate of drug-likeness (QED) is 0.729. The van der Waals surface area contributed by atoms with Crippen molar-refractivity contribution in [1.29, 1.82) is 0 Å². The summed E-state index contributed by atoms with van der Waals surface area (Å²) in [6.45, 7) is 11.7. The molecule has 2 atom stereocenters. The summed E-state index contributed by atoms with van der Waals surface area (Å²) >= 11 is 0. The van der Waals surface area contributed by atoms with E-state index in [1.54, 1.807) is 0 Å². The Morgan fingerprint density at radius 1 is 1.21 bits per heavy atom. The molecule has 0 aromatic rings. The van der Waals surface area contributed by atoms with Crippen LogP contribution in [0.1, 0.15) is 60.3 Å². The summed E-state index contributed by atoms with van der Waals surface area (Å²) in [4.78, 5) is 0. The molecule has 1 aliphatic carbocycles. The van der Waals surface area contributed by atoms with E-state index in [0.717, 1.165) is 12.0 Å². The van der Waals surface area contributed by atoms with Crippen LogP contribution >= 0.6 is 0 Å². The normalized spacial score (nSPS) is 29.1. The standard InChI is InChI=1S/C13H27N/c1-10(2)11(3)14-12-7-6-8-13(4,5)9-12/h10-12,14H,6-9H2,1-5H3/t11-,12-/m0/s1. The van der Waals surface area contributed by atoms with Crippen LogP contribution in [-0.4, -0.2) is 12.1 Å². The molecule has 0 amide bonds. The van der Waals surface area contributed by atoms with Crippen molar-refractivity contribution in [3.05, 3.63) is 0 Å². The minimum atomic E-state index is 0.562. The van der Waals surface area contributed by atoms with Crippen LogP contribution in [0.15, 0.2) is 0 Å². The van der Waals surface area contributed by atoms with Crippen LogP contribution < -0.4 is 5.32 Å². The van der Waals surface area contributed by atoms with Gasteiger partial charge in [0.1, 0.15) is 0 Å². The average Bonchev–Trinajstić information content (AvgIpc) is 2.01. The zero-order valence-electron chi connectivity index (χ0n) is 10.6. The number of nitrogens with one attached hydrogen (secondary N) is 1. The van der Waals surface area contributed by atoms with Crippen LogP contribution in [0, 0.1) is 11.3 Å². The number of hydrogen-bond donors (Lipinski definition) is 1. The molecule has 1 N–H and O–H groups in total. The zero-order valence-corrected chi connectivity index (χ0v) is 10.6. The summed E-state index contributed by atoms with van der Waals surface area (Å²) in [5.74, 6) is 0.750. The molecule has 1 rings (SSSR count). The second kappa shape index (κ2) is 4.65. The molecule has 0 unspecified atom stereocenters. The van der Waals surface area contributed by atoms with Gasteiger partial charge in [-0.3, -0.25) is 0 Å². The van der Waals surface area contributed by atoms with Crippen LogP contribution in [0.25, 0.3) is 0 Å². The van der Waals surface area contributed by atoms with Gasteiger partial charge in [0.25, 0.3) is 0 Å². The Labute approximate surface area is 89.7 Å². The molecule has 14 heavy (non-hydrogen) atoms. The third-order valence-electron chi connectivity index (χ3n) is 3.70. The molecule has 1 heteroatoms. The summed E-state index contributed by atoms with van der Waals surface area (Å²) in [6, 6.07) is 1.42. The first-order chi connectivity index (χ1) is 6.41. The second-order valence-electron chi connectivity index (χ2n) is 6.16. The van der Waals surface area contributed by atoms with Gasteiger partial charge in [-0.25, -0.2) is 0 Å². The van der Waals surface area contributed by atoms with Gasteiger partial charge in [0, 0.05) is 12.1 Å². The number of rotatable bonds is 3. The molecule has 84 valence electrons. The fourth-order valence-corrected chi connectivity index (χ4v) is 2.40. The molecule has 1 fully saturated rings. The molecule has 0 bridgehead atoms. The Balaban J connectivity index is 2.38. The Morgan fingerprint density at radius 3 is 2.36 bits per heavy atom. The fraction of sp³-hybridized carbons (Fsp3) is 1.00. The van der Waals surface area contributed by atoms with Gasteiger partial charge in [-0.2, -0.15) is 0 Å². The van der Waals surface area contributed by atoms with Gasteiger partial charge in [-0.05, 0) is 37.5 Å². The molecule has 0 radical (unpaired) electrons. The summed E-state index contributed by atoms with van der Waals surface area (Å²) < 4.78 is 0. The van der Waals surface area contributed by atoms with Gasteiger partial charge in [0.15, 0.2) is 0 Å². The minimum Gasteiger partial charge on any atom is -0.311 e. The van der Waals surface area contributed by atoms with Gasteiger partial charge in [0.05, 0.1) is 0 Å². The van der Waals surface area contributed by atoms with Crippen LogP contribution in [0.4, 0.5) is 0 Å². The fourth-order valence-electron chi connectivity index (χ4n) is 2.40. The summed E-state index contributed by atoms with van der Waals surface area (Å²) in [5.41, 5.74) is 0.562. The maximum atomic E-state index is 3.77. The minimum absolute atomic E-state index is 0.562. The van der Waals surface area contributed by atoms with E-state index in [-0.39, 0.29) is 0 Å². The van der Waals surface area contributed by atoms with E-state index in [1.165, 1.54) is 25.7 Å². The smallest absolute Gasteiger partial charge is 0.00747 e. The van der Waals surface area contributed by atoms with Crippen molar-refractivity contribution in [3.63, 3.8) is 0 Å². The zero-order chi connectivity index (χ0) is 10.8. The van der Waals surface area contributed by atoms with E-state index in [0.29, 0.717) is 11.5 Å². The molecule has 0 saturated heterocycles. The average molecular weight is 197 g/mol. The van der Waals surface area contributed by atoms with E-state index >= 15 is 0 Å². The van der Waals surface area contributed by atoms with Crippen molar-refractivity contribution in [1.82, 2.24) is 5.32 Å². The highest BCUT2D eigenvalue weighted by Gasteiger charge is 2.28. The van der Waals surface area contributed by atoms with Crippen LogP contribution in [-0.2, 0) is 0 Å². The van der Waals surface area contributed by atoms with E-state index in [2.05, 4.69) is 39.9 Å².